The Kier molecular flexibility index (Phi) is 5.96. The van der Waals surface area contributed by atoms with Gasteiger partial charge in [-0.15, -0.1) is 11.3 Å². The molecule has 1 aromatic carbocycles. The average Bonchev–Trinajstić information content (AvgIpc) is 3.02. The number of carbonyl (C=O) groups is 1. The van der Waals surface area contributed by atoms with Crippen molar-refractivity contribution in [2.24, 2.45) is 5.73 Å². The first-order valence-corrected chi connectivity index (χ1v) is 8.19. The average molecular weight is 302 g/mol. The smallest absolute Gasteiger partial charge is 0.239 e. The van der Waals surface area contributed by atoms with Gasteiger partial charge in [0.2, 0.25) is 5.91 Å². The summed E-state index contributed by atoms with van der Waals surface area (Å²) < 4.78 is 0. The minimum absolute atomic E-state index is 0.0397. The molecule has 0 bridgehead atoms. The van der Waals surface area contributed by atoms with Gasteiger partial charge in [-0.1, -0.05) is 36.4 Å². The summed E-state index contributed by atoms with van der Waals surface area (Å²) in [7, 11) is 0. The second kappa shape index (κ2) is 7.96. The van der Waals surface area contributed by atoms with Crippen molar-refractivity contribution in [3.8, 4) is 0 Å². The maximum atomic E-state index is 12.4. The molecule has 21 heavy (non-hydrogen) atoms. The lowest BCUT2D eigenvalue weighted by atomic mass is 10.1. The van der Waals surface area contributed by atoms with Crippen LogP contribution >= 0.6 is 11.3 Å². The molecule has 0 aliphatic heterocycles. The van der Waals surface area contributed by atoms with E-state index < -0.39 is 6.04 Å². The van der Waals surface area contributed by atoms with Gasteiger partial charge in [-0.05, 0) is 36.8 Å². The van der Waals surface area contributed by atoms with Gasteiger partial charge in [0.25, 0.3) is 0 Å². The largest absolute Gasteiger partial charge is 0.341 e. The maximum absolute atomic E-state index is 12.4. The molecular formula is C17H22N2OS. The number of rotatable bonds is 7. The highest BCUT2D eigenvalue weighted by Gasteiger charge is 2.20. The summed E-state index contributed by atoms with van der Waals surface area (Å²) in [6.07, 6.45) is 1.49. The molecule has 0 fully saturated rings. The van der Waals surface area contributed by atoms with E-state index in [1.165, 1.54) is 4.88 Å². The maximum Gasteiger partial charge on any atom is 0.239 e. The third-order valence-electron chi connectivity index (χ3n) is 3.52. The van der Waals surface area contributed by atoms with Crippen LogP contribution in [0.2, 0.25) is 0 Å². The number of hydrogen-bond acceptors (Lipinski definition) is 3. The SMILES string of the molecule is CCN(CCc1cccs1)C(=O)C(N)Cc1ccccc1. The van der Waals surface area contributed by atoms with E-state index in [2.05, 4.69) is 11.4 Å². The van der Waals surface area contributed by atoms with Crippen LogP contribution in [-0.4, -0.2) is 29.9 Å². The molecule has 1 unspecified atom stereocenters. The zero-order chi connectivity index (χ0) is 15.1. The van der Waals surface area contributed by atoms with E-state index in [1.807, 2.05) is 48.2 Å². The molecule has 2 rings (SSSR count). The predicted octanol–water partition coefficient (Wildman–Crippen LogP) is 2.71. The van der Waals surface area contributed by atoms with E-state index in [1.54, 1.807) is 11.3 Å². The summed E-state index contributed by atoms with van der Waals surface area (Å²) in [6.45, 7) is 3.44. The molecule has 112 valence electrons. The predicted molar refractivity (Wildman–Crippen MR) is 88.4 cm³/mol. The van der Waals surface area contributed by atoms with Crippen LogP contribution in [0.15, 0.2) is 47.8 Å². The molecule has 0 saturated heterocycles. The number of thiophene rings is 1. The molecule has 1 amide bonds. The van der Waals surface area contributed by atoms with Crippen molar-refractivity contribution in [3.05, 3.63) is 58.3 Å². The van der Waals surface area contributed by atoms with Crippen LogP contribution in [-0.2, 0) is 17.6 Å². The molecule has 0 spiro atoms. The summed E-state index contributed by atoms with van der Waals surface area (Å²) in [4.78, 5) is 15.6. The molecule has 4 heteroatoms. The monoisotopic (exact) mass is 302 g/mol. The standard InChI is InChI=1S/C17H22N2OS/c1-2-19(11-10-15-9-6-12-21-15)17(20)16(18)13-14-7-4-3-5-8-14/h3-9,12,16H,2,10-11,13,18H2,1H3. The van der Waals surface area contributed by atoms with E-state index >= 15 is 0 Å². The van der Waals surface area contributed by atoms with Crippen LogP contribution in [0.4, 0.5) is 0 Å². The second-order valence-corrected chi connectivity index (χ2v) is 6.08. The molecule has 0 aliphatic carbocycles. The van der Waals surface area contributed by atoms with Gasteiger partial charge in [0, 0.05) is 18.0 Å². The first-order chi connectivity index (χ1) is 10.2. The van der Waals surface area contributed by atoms with Crippen molar-refractivity contribution in [1.82, 2.24) is 4.90 Å². The van der Waals surface area contributed by atoms with E-state index in [0.29, 0.717) is 13.0 Å². The van der Waals surface area contributed by atoms with Crippen molar-refractivity contribution >= 4 is 17.2 Å². The van der Waals surface area contributed by atoms with Crippen LogP contribution in [0.5, 0.6) is 0 Å². The molecule has 2 N–H and O–H groups in total. The van der Waals surface area contributed by atoms with E-state index in [9.17, 15) is 4.79 Å². The van der Waals surface area contributed by atoms with E-state index in [4.69, 9.17) is 5.73 Å². The topological polar surface area (TPSA) is 46.3 Å². The zero-order valence-corrected chi connectivity index (χ0v) is 13.2. The number of hydrogen-bond donors (Lipinski definition) is 1. The van der Waals surface area contributed by atoms with Gasteiger partial charge in [0.05, 0.1) is 6.04 Å². The summed E-state index contributed by atoms with van der Waals surface area (Å²) >= 11 is 1.73. The van der Waals surface area contributed by atoms with Gasteiger partial charge in [0.1, 0.15) is 0 Å². The minimum atomic E-state index is -0.462. The Morgan fingerprint density at radius 2 is 2.00 bits per heavy atom. The highest BCUT2D eigenvalue weighted by molar-refractivity contribution is 7.09. The lowest BCUT2D eigenvalue weighted by molar-refractivity contribution is -0.132. The fraction of sp³-hybridized carbons (Fsp3) is 0.353. The summed E-state index contributed by atoms with van der Waals surface area (Å²) in [5, 5.41) is 2.06. The quantitative estimate of drug-likeness (QED) is 0.855. The molecule has 2 aromatic rings. The van der Waals surface area contributed by atoms with Crippen LogP contribution in [0.1, 0.15) is 17.4 Å². The minimum Gasteiger partial charge on any atom is -0.341 e. The van der Waals surface area contributed by atoms with Crippen LogP contribution < -0.4 is 5.73 Å². The van der Waals surface area contributed by atoms with E-state index in [-0.39, 0.29) is 5.91 Å². The van der Waals surface area contributed by atoms with Gasteiger partial charge in [0.15, 0.2) is 0 Å². The molecule has 1 aromatic heterocycles. The summed E-state index contributed by atoms with van der Waals surface area (Å²) in [5.41, 5.74) is 7.19. The van der Waals surface area contributed by atoms with Crippen LogP contribution in [0.25, 0.3) is 0 Å². The number of carbonyl (C=O) groups excluding carboxylic acids is 1. The lowest BCUT2D eigenvalue weighted by Crippen LogP contribution is -2.45. The summed E-state index contributed by atoms with van der Waals surface area (Å²) in [6, 6.07) is 13.6. The molecule has 1 heterocycles. The Hall–Kier alpha value is -1.65. The Morgan fingerprint density at radius 1 is 1.24 bits per heavy atom. The van der Waals surface area contributed by atoms with Gasteiger partial charge in [-0.25, -0.2) is 0 Å². The van der Waals surface area contributed by atoms with Gasteiger partial charge < -0.3 is 10.6 Å². The van der Waals surface area contributed by atoms with Crippen molar-refractivity contribution in [1.29, 1.82) is 0 Å². The fourth-order valence-corrected chi connectivity index (χ4v) is 3.01. The molecule has 1 atom stereocenters. The first kappa shape index (κ1) is 15.7. The third-order valence-corrected chi connectivity index (χ3v) is 4.45. The van der Waals surface area contributed by atoms with Crippen LogP contribution in [0, 0.1) is 0 Å². The molecule has 0 radical (unpaired) electrons. The molecular weight excluding hydrogens is 280 g/mol. The summed E-state index contributed by atoms with van der Waals surface area (Å²) in [5.74, 6) is 0.0397. The normalized spacial score (nSPS) is 12.1. The highest BCUT2D eigenvalue weighted by atomic mass is 32.1. The van der Waals surface area contributed by atoms with Crippen molar-refractivity contribution in [2.75, 3.05) is 13.1 Å². The van der Waals surface area contributed by atoms with Crippen molar-refractivity contribution in [2.45, 2.75) is 25.8 Å². The molecule has 0 aliphatic rings. The van der Waals surface area contributed by atoms with Gasteiger partial charge in [-0.2, -0.15) is 0 Å². The molecule has 0 saturated carbocycles. The van der Waals surface area contributed by atoms with Gasteiger partial charge >= 0.3 is 0 Å². The Labute approximate surface area is 130 Å². The first-order valence-electron chi connectivity index (χ1n) is 7.31. The zero-order valence-electron chi connectivity index (χ0n) is 12.4. The Morgan fingerprint density at radius 3 is 2.62 bits per heavy atom. The Bertz CT molecular complexity index is 539. The second-order valence-electron chi connectivity index (χ2n) is 5.04. The third kappa shape index (κ3) is 4.69. The Balaban J connectivity index is 1.89. The highest BCUT2D eigenvalue weighted by Crippen LogP contribution is 2.11. The van der Waals surface area contributed by atoms with Crippen molar-refractivity contribution in [3.63, 3.8) is 0 Å². The van der Waals surface area contributed by atoms with Crippen molar-refractivity contribution < 1.29 is 4.79 Å². The van der Waals surface area contributed by atoms with Gasteiger partial charge in [-0.3, -0.25) is 4.79 Å². The van der Waals surface area contributed by atoms with E-state index in [0.717, 1.165) is 18.5 Å². The molecule has 3 nitrogen and oxygen atoms in total. The number of benzene rings is 1. The number of nitrogens with two attached hydrogens (primary N) is 1. The van der Waals surface area contributed by atoms with Crippen LogP contribution in [0.3, 0.4) is 0 Å². The lowest BCUT2D eigenvalue weighted by Gasteiger charge is -2.24. The number of likely N-dealkylation sites (N-methyl/N-ethyl adjacent to an activating group) is 1. The fourth-order valence-electron chi connectivity index (χ4n) is 2.31. The number of amides is 1. The number of nitrogens with zero attached hydrogens (tertiary/aromatic N) is 1.